The predicted molar refractivity (Wildman–Crippen MR) is 75.3 cm³/mol. The monoisotopic (exact) mass is 338 g/mol. The van der Waals surface area contributed by atoms with Gasteiger partial charge in [0.15, 0.2) is 0 Å². The number of carbonyl (C=O) groups excluding carboxylic acids is 1. The summed E-state index contributed by atoms with van der Waals surface area (Å²) in [6, 6.07) is 18.7. The molecule has 1 atom stereocenters. The number of carbonyl (C=O) groups is 1. The number of rotatable bonds is 3. The van der Waals surface area contributed by atoms with E-state index in [1.165, 1.54) is 0 Å². The van der Waals surface area contributed by atoms with Crippen LogP contribution >= 0.6 is 22.6 Å². The molecule has 0 fully saturated rings. The van der Waals surface area contributed by atoms with Crippen molar-refractivity contribution in [3.05, 3.63) is 66.2 Å². The predicted octanol–water partition coefficient (Wildman–Crippen LogP) is 3.77. The minimum Gasteiger partial charge on any atom is -0.426 e. The van der Waals surface area contributed by atoms with Gasteiger partial charge in [-0.25, -0.2) is 0 Å². The highest BCUT2D eigenvalue weighted by atomic mass is 127. The third-order valence-electron chi connectivity index (χ3n) is 2.26. The van der Waals surface area contributed by atoms with Crippen molar-refractivity contribution in [2.45, 2.75) is 3.92 Å². The molecule has 3 heteroatoms. The molecule has 0 aliphatic carbocycles. The average molecular weight is 338 g/mol. The highest BCUT2D eigenvalue weighted by molar-refractivity contribution is 14.1. The van der Waals surface area contributed by atoms with Crippen LogP contribution in [0.5, 0.6) is 5.75 Å². The number of ether oxygens (including phenoxy) is 1. The van der Waals surface area contributed by atoms with Gasteiger partial charge in [0.2, 0.25) is 0 Å². The van der Waals surface area contributed by atoms with E-state index in [-0.39, 0.29) is 9.89 Å². The second-order valence-electron chi connectivity index (χ2n) is 3.51. The maximum absolute atomic E-state index is 11.9. The first-order valence-corrected chi connectivity index (χ1v) is 6.47. The third kappa shape index (κ3) is 3.30. The first kappa shape index (κ1) is 12.1. The van der Waals surface area contributed by atoms with Gasteiger partial charge in [0.25, 0.3) is 0 Å². The molecule has 0 heterocycles. The molecule has 0 spiro atoms. The van der Waals surface area contributed by atoms with Crippen molar-refractivity contribution in [2.24, 2.45) is 0 Å². The zero-order valence-electron chi connectivity index (χ0n) is 9.05. The molecule has 0 aromatic heterocycles. The van der Waals surface area contributed by atoms with Crippen LogP contribution in [0.3, 0.4) is 0 Å². The summed E-state index contributed by atoms with van der Waals surface area (Å²) in [4.78, 5) is 11.9. The quantitative estimate of drug-likeness (QED) is 0.369. The molecule has 0 aliphatic heterocycles. The van der Waals surface area contributed by atoms with Crippen molar-refractivity contribution >= 4 is 28.6 Å². The number of para-hydroxylation sites is 1. The van der Waals surface area contributed by atoms with Gasteiger partial charge in [-0.15, -0.1) is 0 Å². The van der Waals surface area contributed by atoms with E-state index < -0.39 is 0 Å². The first-order chi connectivity index (χ1) is 8.27. The Morgan fingerprint density at radius 1 is 0.941 bits per heavy atom. The van der Waals surface area contributed by atoms with E-state index in [1.807, 2.05) is 48.5 Å². The Morgan fingerprint density at radius 2 is 1.47 bits per heavy atom. The summed E-state index contributed by atoms with van der Waals surface area (Å²) in [6.45, 7) is 0. The first-order valence-electron chi connectivity index (χ1n) is 5.23. The fourth-order valence-corrected chi connectivity index (χ4v) is 1.96. The normalized spacial score (nSPS) is 11.8. The standard InChI is InChI=1S/C14H11IO2/c15-13(11-7-3-1-4-8-11)14(16)17-12-9-5-2-6-10-12/h1-10,13H. The van der Waals surface area contributed by atoms with Gasteiger partial charge in [-0.1, -0.05) is 71.1 Å². The SMILES string of the molecule is O=C(Oc1ccccc1)C(I)c1ccccc1. The van der Waals surface area contributed by atoms with Crippen molar-refractivity contribution in [1.29, 1.82) is 0 Å². The average Bonchev–Trinajstić information content (AvgIpc) is 2.40. The molecular weight excluding hydrogens is 327 g/mol. The molecule has 2 aromatic carbocycles. The number of esters is 1. The Labute approximate surface area is 114 Å². The van der Waals surface area contributed by atoms with E-state index in [9.17, 15) is 4.79 Å². The summed E-state index contributed by atoms with van der Waals surface area (Å²) in [5, 5.41) is 0. The van der Waals surface area contributed by atoms with Crippen LogP contribution in [0.1, 0.15) is 9.49 Å². The lowest BCUT2D eigenvalue weighted by atomic mass is 10.1. The van der Waals surface area contributed by atoms with Crippen LogP contribution in [-0.4, -0.2) is 5.97 Å². The molecule has 0 radical (unpaired) electrons. The van der Waals surface area contributed by atoms with Crippen LogP contribution in [0.15, 0.2) is 60.7 Å². The summed E-state index contributed by atoms with van der Waals surface area (Å²) in [6.07, 6.45) is 0. The lowest BCUT2D eigenvalue weighted by Crippen LogP contribution is -2.13. The van der Waals surface area contributed by atoms with Crippen LogP contribution in [0.25, 0.3) is 0 Å². The Kier molecular flexibility index (Phi) is 4.14. The van der Waals surface area contributed by atoms with E-state index in [2.05, 4.69) is 22.6 Å². The molecule has 0 saturated heterocycles. The largest absolute Gasteiger partial charge is 0.426 e. The number of halogens is 1. The minimum absolute atomic E-state index is 0.247. The van der Waals surface area contributed by atoms with Crippen molar-refractivity contribution in [3.63, 3.8) is 0 Å². The Morgan fingerprint density at radius 3 is 2.06 bits per heavy atom. The van der Waals surface area contributed by atoms with E-state index in [4.69, 9.17) is 4.74 Å². The molecule has 0 aliphatic rings. The Balaban J connectivity index is 2.06. The van der Waals surface area contributed by atoms with Crippen LogP contribution in [0, 0.1) is 0 Å². The Bertz CT molecular complexity index is 482. The summed E-state index contributed by atoms with van der Waals surface area (Å²) in [5.41, 5.74) is 0.953. The third-order valence-corrected chi connectivity index (χ3v) is 3.49. The fraction of sp³-hybridized carbons (Fsp3) is 0.0714. The zero-order valence-corrected chi connectivity index (χ0v) is 11.2. The summed E-state index contributed by atoms with van der Waals surface area (Å²) >= 11 is 2.09. The van der Waals surface area contributed by atoms with Gasteiger partial charge in [0, 0.05) is 0 Å². The summed E-state index contributed by atoms with van der Waals surface area (Å²) in [5.74, 6) is 0.332. The highest BCUT2D eigenvalue weighted by Gasteiger charge is 2.18. The van der Waals surface area contributed by atoms with E-state index in [0.717, 1.165) is 5.56 Å². The van der Waals surface area contributed by atoms with Crippen molar-refractivity contribution in [2.75, 3.05) is 0 Å². The van der Waals surface area contributed by atoms with E-state index in [1.54, 1.807) is 12.1 Å². The number of alkyl halides is 1. The molecule has 0 amide bonds. The van der Waals surface area contributed by atoms with Gasteiger partial charge in [-0.05, 0) is 17.7 Å². The van der Waals surface area contributed by atoms with Crippen LogP contribution in [-0.2, 0) is 4.79 Å². The fourth-order valence-electron chi connectivity index (χ4n) is 1.41. The van der Waals surface area contributed by atoms with Crippen molar-refractivity contribution in [3.8, 4) is 5.75 Å². The number of hydrogen-bond donors (Lipinski definition) is 0. The highest BCUT2D eigenvalue weighted by Crippen LogP contribution is 2.25. The summed E-state index contributed by atoms with van der Waals surface area (Å²) < 4.78 is 5.00. The lowest BCUT2D eigenvalue weighted by molar-refractivity contribution is -0.133. The van der Waals surface area contributed by atoms with Gasteiger partial charge in [-0.3, -0.25) is 4.79 Å². The molecule has 1 unspecified atom stereocenters. The van der Waals surface area contributed by atoms with Crippen molar-refractivity contribution < 1.29 is 9.53 Å². The van der Waals surface area contributed by atoms with Gasteiger partial charge in [0.05, 0.1) is 0 Å². The molecule has 2 rings (SSSR count). The smallest absolute Gasteiger partial charge is 0.328 e. The van der Waals surface area contributed by atoms with E-state index in [0.29, 0.717) is 5.75 Å². The molecule has 0 saturated carbocycles. The lowest BCUT2D eigenvalue weighted by Gasteiger charge is -2.09. The van der Waals surface area contributed by atoms with Gasteiger partial charge in [-0.2, -0.15) is 0 Å². The number of hydrogen-bond acceptors (Lipinski definition) is 2. The van der Waals surface area contributed by atoms with Crippen LogP contribution in [0.4, 0.5) is 0 Å². The maximum atomic E-state index is 11.9. The van der Waals surface area contributed by atoms with Crippen LogP contribution in [0.2, 0.25) is 0 Å². The maximum Gasteiger partial charge on any atom is 0.328 e. The topological polar surface area (TPSA) is 26.3 Å². The van der Waals surface area contributed by atoms with Gasteiger partial charge < -0.3 is 4.74 Å². The van der Waals surface area contributed by atoms with Gasteiger partial charge >= 0.3 is 5.97 Å². The second-order valence-corrected chi connectivity index (χ2v) is 4.75. The zero-order chi connectivity index (χ0) is 12.1. The molecule has 86 valence electrons. The van der Waals surface area contributed by atoms with Gasteiger partial charge in [0.1, 0.15) is 9.67 Å². The molecule has 2 aromatic rings. The molecule has 0 bridgehead atoms. The number of benzene rings is 2. The molecule has 0 N–H and O–H groups in total. The minimum atomic E-state index is -0.283. The molecular formula is C14H11IO2. The van der Waals surface area contributed by atoms with Crippen molar-refractivity contribution in [1.82, 2.24) is 0 Å². The second kappa shape index (κ2) is 5.82. The Hall–Kier alpha value is -1.36. The van der Waals surface area contributed by atoms with E-state index >= 15 is 0 Å². The van der Waals surface area contributed by atoms with Crippen LogP contribution < -0.4 is 4.74 Å². The summed E-state index contributed by atoms with van der Waals surface area (Å²) in [7, 11) is 0. The molecule has 2 nitrogen and oxygen atoms in total. The molecule has 17 heavy (non-hydrogen) atoms.